The predicted octanol–water partition coefficient (Wildman–Crippen LogP) is 1.33. The van der Waals surface area contributed by atoms with Crippen LogP contribution in [0.2, 0.25) is 0 Å². The summed E-state index contributed by atoms with van der Waals surface area (Å²) in [6.07, 6.45) is 0.0849. The van der Waals surface area contributed by atoms with Crippen molar-refractivity contribution in [1.29, 1.82) is 0 Å². The zero-order chi connectivity index (χ0) is 13.9. The maximum atomic E-state index is 12.0. The minimum Gasteiger partial charge on any atom is -0.461 e. The molecule has 0 bridgehead atoms. The quantitative estimate of drug-likeness (QED) is 0.529. The molecule has 104 valence electrons. The van der Waals surface area contributed by atoms with Crippen LogP contribution in [-0.4, -0.2) is 29.1 Å². The molecule has 0 aromatic heterocycles. The van der Waals surface area contributed by atoms with Crippen molar-refractivity contribution in [3.05, 3.63) is 12.2 Å². The van der Waals surface area contributed by atoms with Gasteiger partial charge in [0.2, 0.25) is 0 Å². The molecule has 0 amide bonds. The number of Topliss-reactive ketones (excluding diaryl/α,β-unsaturated/α-hetero) is 1. The SMILES string of the molecule is C=C1[C@H]2CC(=O)[C@H](C)[C@H]2[C@@H]2OC(=O)[C@H](C)[C@H]2C[C@@H]1O. The summed E-state index contributed by atoms with van der Waals surface area (Å²) in [5.74, 6) is -0.351. The highest BCUT2D eigenvalue weighted by Gasteiger charge is 2.56. The zero-order valence-electron chi connectivity index (χ0n) is 11.3. The normalized spacial score (nSPS) is 49.6. The van der Waals surface area contributed by atoms with Gasteiger partial charge in [-0.25, -0.2) is 0 Å². The fourth-order valence-electron chi connectivity index (χ4n) is 4.14. The second kappa shape index (κ2) is 4.17. The largest absolute Gasteiger partial charge is 0.461 e. The van der Waals surface area contributed by atoms with E-state index in [1.807, 2.05) is 13.8 Å². The van der Waals surface area contributed by atoms with Gasteiger partial charge in [-0.3, -0.25) is 9.59 Å². The van der Waals surface area contributed by atoms with E-state index in [0.29, 0.717) is 12.8 Å². The molecule has 19 heavy (non-hydrogen) atoms. The van der Waals surface area contributed by atoms with Gasteiger partial charge < -0.3 is 9.84 Å². The Morgan fingerprint density at radius 2 is 1.95 bits per heavy atom. The van der Waals surface area contributed by atoms with Gasteiger partial charge in [0.1, 0.15) is 11.9 Å². The number of fused-ring (bicyclic) bond motifs is 3. The first kappa shape index (κ1) is 12.9. The van der Waals surface area contributed by atoms with E-state index in [1.165, 1.54) is 0 Å². The van der Waals surface area contributed by atoms with Gasteiger partial charge in [-0.2, -0.15) is 0 Å². The molecule has 2 aliphatic carbocycles. The van der Waals surface area contributed by atoms with Crippen molar-refractivity contribution in [3.8, 4) is 0 Å². The van der Waals surface area contributed by atoms with Gasteiger partial charge in [0, 0.05) is 24.2 Å². The van der Waals surface area contributed by atoms with E-state index in [9.17, 15) is 14.7 Å². The number of ketones is 1. The Morgan fingerprint density at radius 1 is 1.26 bits per heavy atom. The van der Waals surface area contributed by atoms with E-state index >= 15 is 0 Å². The molecule has 7 atom stereocenters. The topological polar surface area (TPSA) is 63.6 Å². The number of hydrogen-bond donors (Lipinski definition) is 1. The highest BCUT2D eigenvalue weighted by atomic mass is 16.6. The van der Waals surface area contributed by atoms with Gasteiger partial charge in [0.15, 0.2) is 0 Å². The second-order valence-corrected chi connectivity index (χ2v) is 6.32. The lowest BCUT2D eigenvalue weighted by atomic mass is 9.78. The molecule has 3 fully saturated rings. The highest BCUT2D eigenvalue weighted by Crippen LogP contribution is 2.51. The lowest BCUT2D eigenvalue weighted by Crippen LogP contribution is -2.32. The van der Waals surface area contributed by atoms with Crippen molar-refractivity contribution in [2.45, 2.75) is 38.9 Å². The highest BCUT2D eigenvalue weighted by molar-refractivity contribution is 5.85. The Balaban J connectivity index is 2.02. The van der Waals surface area contributed by atoms with Crippen molar-refractivity contribution in [1.82, 2.24) is 0 Å². The lowest BCUT2D eigenvalue weighted by molar-refractivity contribution is -0.146. The van der Waals surface area contributed by atoms with E-state index < -0.39 is 6.10 Å². The lowest BCUT2D eigenvalue weighted by Gasteiger charge is -2.27. The zero-order valence-corrected chi connectivity index (χ0v) is 11.3. The van der Waals surface area contributed by atoms with Crippen LogP contribution in [0.1, 0.15) is 26.7 Å². The minimum absolute atomic E-state index is 0.00241. The molecule has 1 N–H and O–H groups in total. The summed E-state index contributed by atoms with van der Waals surface area (Å²) in [4.78, 5) is 23.8. The van der Waals surface area contributed by atoms with Gasteiger partial charge >= 0.3 is 5.97 Å². The van der Waals surface area contributed by atoms with Crippen LogP contribution in [0.5, 0.6) is 0 Å². The molecule has 2 saturated carbocycles. The maximum absolute atomic E-state index is 12.0. The first-order valence-electron chi connectivity index (χ1n) is 7.01. The van der Waals surface area contributed by atoms with Gasteiger partial charge in [0.25, 0.3) is 0 Å². The molecular formula is C15H20O4. The number of ether oxygens (including phenoxy) is 1. The van der Waals surface area contributed by atoms with Crippen molar-refractivity contribution in [2.24, 2.45) is 29.6 Å². The van der Waals surface area contributed by atoms with E-state index in [1.54, 1.807) is 0 Å². The number of aliphatic hydroxyl groups is 1. The predicted molar refractivity (Wildman–Crippen MR) is 68.1 cm³/mol. The second-order valence-electron chi connectivity index (χ2n) is 6.32. The standard InChI is InChI=1S/C15H20O4/c1-6-9-4-12(17)8(3)13(9)14-10(5-11(6)16)7(2)15(18)19-14/h7-11,13-14,16H,1,4-5H2,2-3H3/t7-,8+,9-,10-,11+,13-,14-/m1/s1. The molecule has 0 radical (unpaired) electrons. The summed E-state index contributed by atoms with van der Waals surface area (Å²) < 4.78 is 5.54. The molecule has 0 aromatic rings. The Bertz CT molecular complexity index is 455. The third-order valence-corrected chi connectivity index (χ3v) is 5.44. The van der Waals surface area contributed by atoms with Crippen LogP contribution in [-0.2, 0) is 14.3 Å². The molecule has 1 saturated heterocycles. The van der Waals surface area contributed by atoms with E-state index in [2.05, 4.69) is 6.58 Å². The number of rotatable bonds is 0. The third-order valence-electron chi connectivity index (χ3n) is 5.44. The van der Waals surface area contributed by atoms with Crippen molar-refractivity contribution >= 4 is 11.8 Å². The number of carbonyl (C=O) groups is 2. The van der Waals surface area contributed by atoms with Crippen molar-refractivity contribution in [3.63, 3.8) is 0 Å². The van der Waals surface area contributed by atoms with Crippen LogP contribution < -0.4 is 0 Å². The van der Waals surface area contributed by atoms with Crippen LogP contribution in [0.25, 0.3) is 0 Å². The van der Waals surface area contributed by atoms with Gasteiger partial charge in [-0.1, -0.05) is 20.4 Å². The molecule has 1 heterocycles. The van der Waals surface area contributed by atoms with Crippen LogP contribution in [0.3, 0.4) is 0 Å². The third kappa shape index (κ3) is 1.69. The van der Waals surface area contributed by atoms with Gasteiger partial charge in [-0.05, 0) is 17.9 Å². The van der Waals surface area contributed by atoms with E-state index in [4.69, 9.17) is 4.74 Å². The summed E-state index contributed by atoms with van der Waals surface area (Å²) in [5, 5.41) is 10.3. The van der Waals surface area contributed by atoms with Crippen molar-refractivity contribution < 1.29 is 19.4 Å². The number of hydrogen-bond acceptors (Lipinski definition) is 4. The van der Waals surface area contributed by atoms with Crippen LogP contribution in [0, 0.1) is 29.6 Å². The Hall–Kier alpha value is -1.16. The number of esters is 1. The summed E-state index contributed by atoms with van der Waals surface area (Å²) in [5.41, 5.74) is 0.750. The average Bonchev–Trinajstić information content (AvgIpc) is 2.77. The Kier molecular flexibility index (Phi) is 2.82. The molecule has 0 unspecified atom stereocenters. The Morgan fingerprint density at radius 3 is 2.63 bits per heavy atom. The summed E-state index contributed by atoms with van der Waals surface area (Å²) in [7, 11) is 0. The molecule has 4 nitrogen and oxygen atoms in total. The fourth-order valence-corrected chi connectivity index (χ4v) is 4.14. The molecule has 1 aliphatic heterocycles. The van der Waals surface area contributed by atoms with Crippen LogP contribution in [0.4, 0.5) is 0 Å². The average molecular weight is 264 g/mol. The van der Waals surface area contributed by atoms with Gasteiger partial charge in [-0.15, -0.1) is 0 Å². The fraction of sp³-hybridized carbons (Fsp3) is 0.733. The smallest absolute Gasteiger partial charge is 0.309 e. The number of aliphatic hydroxyl groups excluding tert-OH is 1. The molecule has 4 heteroatoms. The molecule has 0 aromatic carbocycles. The van der Waals surface area contributed by atoms with E-state index in [-0.39, 0.29) is 47.4 Å². The molecule has 3 rings (SSSR count). The summed E-state index contributed by atoms with van der Waals surface area (Å²) in [6, 6.07) is 0. The first-order chi connectivity index (χ1) is 8.91. The summed E-state index contributed by atoms with van der Waals surface area (Å²) in [6.45, 7) is 7.76. The van der Waals surface area contributed by atoms with E-state index in [0.717, 1.165) is 5.57 Å². The molecule has 0 spiro atoms. The van der Waals surface area contributed by atoms with Crippen molar-refractivity contribution in [2.75, 3.05) is 0 Å². The molecule has 3 aliphatic rings. The maximum Gasteiger partial charge on any atom is 0.309 e. The monoisotopic (exact) mass is 264 g/mol. The molecular weight excluding hydrogens is 244 g/mol. The van der Waals surface area contributed by atoms with Crippen LogP contribution in [0.15, 0.2) is 12.2 Å². The first-order valence-corrected chi connectivity index (χ1v) is 7.01. The summed E-state index contributed by atoms with van der Waals surface area (Å²) >= 11 is 0. The van der Waals surface area contributed by atoms with Gasteiger partial charge in [0.05, 0.1) is 12.0 Å². The Labute approximate surface area is 112 Å². The number of carbonyl (C=O) groups excluding carboxylic acids is 2. The minimum atomic E-state index is -0.627. The van der Waals surface area contributed by atoms with Crippen LogP contribution >= 0.6 is 0 Å².